The molecule has 1 heterocycles. The first-order valence-corrected chi connectivity index (χ1v) is 9.96. The van der Waals surface area contributed by atoms with Gasteiger partial charge in [0.05, 0.1) is 12.1 Å². The summed E-state index contributed by atoms with van der Waals surface area (Å²) in [4.78, 5) is 25.9. The predicted octanol–water partition coefficient (Wildman–Crippen LogP) is 3.42. The molecule has 2 aliphatic rings. The van der Waals surface area contributed by atoms with E-state index in [1.807, 2.05) is 0 Å². The third kappa shape index (κ3) is 5.69. The maximum Gasteiger partial charge on any atom is 0.411 e. The second-order valence-electron chi connectivity index (χ2n) is 8.09. The number of hydrogen-bond donors (Lipinski definition) is 2. The lowest BCUT2D eigenvalue weighted by atomic mass is 9.96. The molecule has 1 aliphatic heterocycles. The molecule has 0 unspecified atom stereocenters. The Morgan fingerprint density at radius 1 is 1.16 bits per heavy atom. The molecule has 2 fully saturated rings. The summed E-state index contributed by atoms with van der Waals surface area (Å²) in [6.07, 6.45) is -6.45. The van der Waals surface area contributed by atoms with Crippen LogP contribution in [0.15, 0.2) is 18.2 Å². The van der Waals surface area contributed by atoms with E-state index in [0.29, 0.717) is 25.9 Å². The Morgan fingerprint density at radius 3 is 2.35 bits per heavy atom. The highest BCUT2D eigenvalue weighted by Crippen LogP contribution is 2.48. The van der Waals surface area contributed by atoms with Crippen molar-refractivity contribution in [2.24, 2.45) is 5.92 Å². The van der Waals surface area contributed by atoms with E-state index in [1.165, 1.54) is 0 Å². The predicted molar refractivity (Wildman–Crippen MR) is 99.0 cm³/mol. The quantitative estimate of drug-likeness (QED) is 0.625. The first-order valence-electron chi connectivity index (χ1n) is 9.96. The smallest absolute Gasteiger partial charge is 0.352 e. The van der Waals surface area contributed by atoms with Crippen molar-refractivity contribution < 1.29 is 35.9 Å². The summed E-state index contributed by atoms with van der Waals surface area (Å²) < 4.78 is 77.6. The molecule has 2 amide bonds. The molecule has 1 aliphatic carbocycles. The number of likely N-dealkylation sites (tertiary alicyclic amines) is 1. The molecule has 5 nitrogen and oxygen atoms in total. The summed E-state index contributed by atoms with van der Waals surface area (Å²) in [7, 11) is 0. The van der Waals surface area contributed by atoms with E-state index >= 15 is 0 Å². The maximum absolute atomic E-state index is 13.3. The van der Waals surface area contributed by atoms with Crippen molar-refractivity contribution in [1.82, 2.24) is 15.5 Å². The van der Waals surface area contributed by atoms with E-state index in [-0.39, 0.29) is 37.4 Å². The highest BCUT2D eigenvalue weighted by Gasteiger charge is 2.64. The number of rotatable bonds is 7. The van der Waals surface area contributed by atoms with Crippen molar-refractivity contribution in [2.45, 2.75) is 43.8 Å². The summed E-state index contributed by atoms with van der Waals surface area (Å²) >= 11 is 0. The first kappa shape index (κ1) is 23.4. The molecule has 1 saturated carbocycles. The van der Waals surface area contributed by atoms with Crippen LogP contribution in [0.4, 0.5) is 26.3 Å². The number of piperidine rings is 1. The SMILES string of the molecule is O=C(CN1CCC(CNC(=O)c2ccc(F)c(C(F)F)c2)CC1)NC1(C(F)(F)F)CC1. The van der Waals surface area contributed by atoms with Gasteiger partial charge in [-0.2, -0.15) is 13.2 Å². The number of alkyl halides is 5. The number of carbonyl (C=O) groups excluding carboxylic acids is 2. The summed E-state index contributed by atoms with van der Waals surface area (Å²) in [6, 6.07) is 2.78. The van der Waals surface area contributed by atoms with Crippen LogP contribution in [0.3, 0.4) is 0 Å². The van der Waals surface area contributed by atoms with E-state index in [9.17, 15) is 35.9 Å². The lowest BCUT2D eigenvalue weighted by Crippen LogP contribution is -2.51. The van der Waals surface area contributed by atoms with Crippen LogP contribution in [-0.2, 0) is 4.79 Å². The zero-order valence-corrected chi connectivity index (χ0v) is 16.6. The van der Waals surface area contributed by atoms with Gasteiger partial charge >= 0.3 is 6.18 Å². The zero-order valence-electron chi connectivity index (χ0n) is 16.6. The molecule has 0 bridgehead atoms. The van der Waals surface area contributed by atoms with Crippen LogP contribution in [0.2, 0.25) is 0 Å². The lowest BCUT2D eigenvalue weighted by Gasteiger charge is -2.32. The number of nitrogens with zero attached hydrogens (tertiary/aromatic N) is 1. The molecular formula is C20H23F6N3O2. The van der Waals surface area contributed by atoms with Gasteiger partial charge in [-0.15, -0.1) is 0 Å². The minimum Gasteiger partial charge on any atom is -0.352 e. The minimum absolute atomic E-state index is 0.0653. The summed E-state index contributed by atoms with van der Waals surface area (Å²) in [5.41, 5.74) is -2.97. The van der Waals surface area contributed by atoms with Crippen molar-refractivity contribution >= 4 is 11.8 Å². The number of amides is 2. The molecule has 0 atom stereocenters. The Morgan fingerprint density at radius 2 is 1.81 bits per heavy atom. The normalized spacial score (nSPS) is 19.3. The van der Waals surface area contributed by atoms with Crippen LogP contribution in [-0.4, -0.2) is 54.6 Å². The lowest BCUT2D eigenvalue weighted by molar-refractivity contribution is -0.170. The van der Waals surface area contributed by atoms with Gasteiger partial charge in [0.15, 0.2) is 0 Å². The van der Waals surface area contributed by atoms with Crippen molar-refractivity contribution in [3.63, 3.8) is 0 Å². The van der Waals surface area contributed by atoms with Crippen LogP contribution in [0, 0.1) is 11.7 Å². The van der Waals surface area contributed by atoms with E-state index in [4.69, 9.17) is 0 Å². The minimum atomic E-state index is -4.45. The third-order valence-electron chi connectivity index (χ3n) is 5.79. The van der Waals surface area contributed by atoms with Crippen LogP contribution in [0.5, 0.6) is 0 Å². The van der Waals surface area contributed by atoms with Gasteiger partial charge in [-0.1, -0.05) is 0 Å². The van der Waals surface area contributed by atoms with E-state index in [0.717, 1.165) is 18.2 Å². The number of carbonyl (C=O) groups is 2. The highest BCUT2D eigenvalue weighted by atomic mass is 19.4. The topological polar surface area (TPSA) is 61.4 Å². The number of halogens is 6. The Bertz CT molecular complexity index is 818. The van der Waals surface area contributed by atoms with Crippen molar-refractivity contribution in [1.29, 1.82) is 0 Å². The second-order valence-corrected chi connectivity index (χ2v) is 8.09. The maximum atomic E-state index is 13.3. The highest BCUT2D eigenvalue weighted by molar-refractivity contribution is 5.94. The van der Waals surface area contributed by atoms with E-state index in [1.54, 1.807) is 4.90 Å². The average molecular weight is 451 g/mol. The van der Waals surface area contributed by atoms with Gasteiger partial charge in [0.25, 0.3) is 12.3 Å². The molecule has 1 aromatic carbocycles. The summed E-state index contributed by atoms with van der Waals surface area (Å²) in [6.45, 7) is 1.12. The Kier molecular flexibility index (Phi) is 6.82. The molecule has 0 spiro atoms. The van der Waals surface area contributed by atoms with Crippen LogP contribution >= 0.6 is 0 Å². The molecule has 0 aromatic heterocycles. The fourth-order valence-corrected chi connectivity index (χ4v) is 3.65. The first-order chi connectivity index (χ1) is 14.5. The Labute approximate surface area is 175 Å². The molecule has 11 heteroatoms. The van der Waals surface area contributed by atoms with Crippen LogP contribution in [0.25, 0.3) is 0 Å². The Hall–Kier alpha value is -2.30. The molecule has 0 radical (unpaired) electrons. The van der Waals surface area contributed by atoms with Crippen molar-refractivity contribution in [3.8, 4) is 0 Å². The molecule has 3 rings (SSSR count). The van der Waals surface area contributed by atoms with Gasteiger partial charge in [0.2, 0.25) is 5.91 Å². The number of benzene rings is 1. The van der Waals surface area contributed by atoms with Gasteiger partial charge in [-0.05, 0) is 62.9 Å². The molecule has 2 N–H and O–H groups in total. The fourth-order valence-electron chi connectivity index (χ4n) is 3.65. The van der Waals surface area contributed by atoms with Gasteiger partial charge in [0.1, 0.15) is 11.4 Å². The fraction of sp³-hybridized carbons (Fsp3) is 0.600. The van der Waals surface area contributed by atoms with Crippen molar-refractivity contribution in [3.05, 3.63) is 35.1 Å². The van der Waals surface area contributed by atoms with Crippen LogP contribution in [0.1, 0.15) is 48.0 Å². The van der Waals surface area contributed by atoms with Gasteiger partial charge < -0.3 is 10.6 Å². The third-order valence-corrected chi connectivity index (χ3v) is 5.79. The average Bonchev–Trinajstić information content (AvgIpc) is 3.48. The monoisotopic (exact) mass is 451 g/mol. The number of nitrogens with one attached hydrogen (secondary N) is 2. The van der Waals surface area contributed by atoms with Crippen LogP contribution < -0.4 is 10.6 Å². The summed E-state index contributed by atoms with van der Waals surface area (Å²) in [5, 5.41) is 4.73. The van der Waals surface area contributed by atoms with Gasteiger partial charge in [-0.25, -0.2) is 13.2 Å². The zero-order chi connectivity index (χ0) is 22.8. The number of hydrogen-bond acceptors (Lipinski definition) is 3. The van der Waals surface area contributed by atoms with E-state index in [2.05, 4.69) is 10.6 Å². The van der Waals surface area contributed by atoms with Gasteiger partial charge in [0, 0.05) is 12.1 Å². The van der Waals surface area contributed by atoms with Crippen molar-refractivity contribution in [2.75, 3.05) is 26.2 Å². The Balaban J connectivity index is 1.41. The standard InChI is InChI=1S/C20H23F6N3O2/c21-15-2-1-13(9-14(15)17(22)23)18(31)27-10-12-3-7-29(8-4-12)11-16(30)28-19(5-6-19)20(24,25)26/h1-2,9,12,17H,3-8,10-11H2,(H,27,31)(H,28,30). The molecule has 1 saturated heterocycles. The van der Waals surface area contributed by atoms with E-state index < -0.39 is 41.3 Å². The molecule has 31 heavy (non-hydrogen) atoms. The second kappa shape index (κ2) is 9.05. The largest absolute Gasteiger partial charge is 0.411 e. The molecule has 172 valence electrons. The molecule has 1 aromatic rings. The molecular weight excluding hydrogens is 428 g/mol. The van der Waals surface area contributed by atoms with Gasteiger partial charge in [-0.3, -0.25) is 14.5 Å². The summed E-state index contributed by atoms with van der Waals surface area (Å²) in [5.74, 6) is -2.26.